The molecule has 1 nitrogen and oxygen atoms in total. The van der Waals surface area contributed by atoms with Gasteiger partial charge in [0.25, 0.3) is 0 Å². The van der Waals surface area contributed by atoms with E-state index in [2.05, 4.69) is 0 Å². The highest BCUT2D eigenvalue weighted by molar-refractivity contribution is 6.29. The topological polar surface area (TPSA) is 3.24 Å². The molecular formula is C5H10ClN. The van der Waals surface area contributed by atoms with Gasteiger partial charge >= 0.3 is 0 Å². The van der Waals surface area contributed by atoms with Crippen molar-refractivity contribution >= 4 is 11.6 Å². The lowest BCUT2D eigenvalue weighted by molar-refractivity contribution is 0.546. The highest BCUT2D eigenvalue weighted by atomic mass is 35.5. The summed E-state index contributed by atoms with van der Waals surface area (Å²) in [6, 6.07) is 0. The van der Waals surface area contributed by atoms with Crippen LogP contribution >= 0.6 is 11.6 Å². The largest absolute Gasteiger partial charge is 0.369 e. The predicted molar refractivity (Wildman–Crippen MR) is 33.3 cm³/mol. The first-order chi connectivity index (χ1) is 3.18. The number of hydrogen-bond acceptors (Lipinski definition) is 1. The molecule has 0 aromatic carbocycles. The lowest BCUT2D eigenvalue weighted by atomic mass is 10.6. The maximum absolute atomic E-state index is 5.59. The molecule has 0 spiro atoms. The van der Waals surface area contributed by atoms with Gasteiger partial charge in [0.15, 0.2) is 0 Å². The van der Waals surface area contributed by atoms with E-state index in [1.165, 1.54) is 0 Å². The van der Waals surface area contributed by atoms with Crippen molar-refractivity contribution in [3.63, 3.8) is 0 Å². The standard InChI is InChI=1S/C5H10ClN/c1-4-5(6)7(2)3/h4H,1-3H3/b5-4+. The first-order valence-electron chi connectivity index (χ1n) is 2.17. The summed E-state index contributed by atoms with van der Waals surface area (Å²) in [4.78, 5) is 1.85. The molecule has 0 aliphatic carbocycles. The summed E-state index contributed by atoms with van der Waals surface area (Å²) in [5, 5.41) is 0.778. The van der Waals surface area contributed by atoms with Crippen molar-refractivity contribution in [1.29, 1.82) is 0 Å². The van der Waals surface area contributed by atoms with Crippen LogP contribution in [-0.4, -0.2) is 19.0 Å². The molecule has 0 saturated heterocycles. The molecule has 2 heteroatoms. The molecule has 0 bridgehead atoms. The van der Waals surface area contributed by atoms with Gasteiger partial charge in [-0.15, -0.1) is 0 Å². The van der Waals surface area contributed by atoms with Gasteiger partial charge in [0.2, 0.25) is 0 Å². The summed E-state index contributed by atoms with van der Waals surface area (Å²) in [7, 11) is 3.81. The van der Waals surface area contributed by atoms with Crippen LogP contribution in [-0.2, 0) is 0 Å². The monoisotopic (exact) mass is 119 g/mol. The van der Waals surface area contributed by atoms with Crippen LogP contribution in [0.15, 0.2) is 11.2 Å². The van der Waals surface area contributed by atoms with Crippen LogP contribution in [0.5, 0.6) is 0 Å². The number of hydrogen-bond donors (Lipinski definition) is 0. The molecular weight excluding hydrogens is 110 g/mol. The number of allylic oxidation sites excluding steroid dienone is 1. The first kappa shape index (κ1) is 6.83. The van der Waals surface area contributed by atoms with E-state index in [-0.39, 0.29) is 0 Å². The van der Waals surface area contributed by atoms with Crippen LogP contribution in [0.1, 0.15) is 6.92 Å². The molecule has 0 unspecified atom stereocenters. The molecule has 0 N–H and O–H groups in total. The number of halogens is 1. The minimum Gasteiger partial charge on any atom is -0.369 e. The Kier molecular flexibility index (Phi) is 2.84. The molecule has 0 saturated carbocycles. The van der Waals surface area contributed by atoms with Crippen molar-refractivity contribution < 1.29 is 0 Å². The quantitative estimate of drug-likeness (QED) is 0.475. The second-order valence-electron chi connectivity index (χ2n) is 1.51. The van der Waals surface area contributed by atoms with E-state index in [4.69, 9.17) is 11.6 Å². The molecule has 7 heavy (non-hydrogen) atoms. The highest BCUT2D eigenvalue weighted by Crippen LogP contribution is 2.01. The van der Waals surface area contributed by atoms with E-state index in [0.717, 1.165) is 5.16 Å². The summed E-state index contributed by atoms with van der Waals surface area (Å²) >= 11 is 5.59. The first-order valence-corrected chi connectivity index (χ1v) is 2.55. The molecule has 0 rings (SSSR count). The molecule has 0 aliphatic heterocycles. The zero-order valence-corrected chi connectivity index (χ0v) is 5.66. The van der Waals surface area contributed by atoms with Crippen LogP contribution in [0, 0.1) is 0 Å². The lowest BCUT2D eigenvalue weighted by Crippen LogP contribution is -2.05. The molecule has 42 valence electrons. The van der Waals surface area contributed by atoms with Gasteiger partial charge in [-0.05, 0) is 6.92 Å². The van der Waals surface area contributed by atoms with Gasteiger partial charge in [-0.2, -0.15) is 0 Å². The smallest absolute Gasteiger partial charge is 0.0995 e. The third-order valence-electron chi connectivity index (χ3n) is 0.665. The maximum Gasteiger partial charge on any atom is 0.0995 e. The van der Waals surface area contributed by atoms with Crippen LogP contribution in [0.4, 0.5) is 0 Å². The van der Waals surface area contributed by atoms with Gasteiger partial charge in [0, 0.05) is 14.1 Å². The van der Waals surface area contributed by atoms with E-state index in [1.807, 2.05) is 32.0 Å². The van der Waals surface area contributed by atoms with E-state index in [0.29, 0.717) is 0 Å². The van der Waals surface area contributed by atoms with Crippen LogP contribution in [0.2, 0.25) is 0 Å². The van der Waals surface area contributed by atoms with Gasteiger partial charge in [0.05, 0.1) is 5.16 Å². The number of nitrogens with zero attached hydrogens (tertiary/aromatic N) is 1. The fraction of sp³-hybridized carbons (Fsp3) is 0.600. The molecule has 0 fully saturated rings. The molecule has 0 amide bonds. The van der Waals surface area contributed by atoms with Crippen molar-refractivity contribution in [2.75, 3.05) is 14.1 Å². The Bertz CT molecular complexity index is 76.1. The van der Waals surface area contributed by atoms with E-state index >= 15 is 0 Å². The minimum absolute atomic E-state index is 0.778. The Balaban J connectivity index is 3.56. The minimum atomic E-state index is 0.778. The summed E-state index contributed by atoms with van der Waals surface area (Å²) in [5.74, 6) is 0. The van der Waals surface area contributed by atoms with Crippen molar-refractivity contribution in [2.45, 2.75) is 6.92 Å². The van der Waals surface area contributed by atoms with Crippen molar-refractivity contribution in [1.82, 2.24) is 4.90 Å². The summed E-state index contributed by atoms with van der Waals surface area (Å²) in [5.41, 5.74) is 0. The average Bonchev–Trinajstić information content (AvgIpc) is 1.65. The maximum atomic E-state index is 5.59. The van der Waals surface area contributed by atoms with Gasteiger partial charge in [-0.25, -0.2) is 0 Å². The van der Waals surface area contributed by atoms with Crippen LogP contribution in [0.25, 0.3) is 0 Å². The van der Waals surface area contributed by atoms with E-state index in [1.54, 1.807) is 0 Å². The van der Waals surface area contributed by atoms with Crippen molar-refractivity contribution in [3.05, 3.63) is 11.2 Å². The fourth-order valence-corrected chi connectivity index (χ4v) is 0.258. The Morgan fingerprint density at radius 1 is 1.57 bits per heavy atom. The van der Waals surface area contributed by atoms with E-state index < -0.39 is 0 Å². The van der Waals surface area contributed by atoms with Crippen molar-refractivity contribution in [3.8, 4) is 0 Å². The van der Waals surface area contributed by atoms with Crippen LogP contribution in [0.3, 0.4) is 0 Å². The average molecular weight is 120 g/mol. The van der Waals surface area contributed by atoms with Gasteiger partial charge < -0.3 is 4.90 Å². The van der Waals surface area contributed by atoms with Gasteiger partial charge in [0.1, 0.15) is 0 Å². The predicted octanol–water partition coefficient (Wildman–Crippen LogP) is 1.65. The Morgan fingerprint density at radius 2 is 2.00 bits per heavy atom. The van der Waals surface area contributed by atoms with Gasteiger partial charge in [-0.1, -0.05) is 17.7 Å². The molecule has 0 atom stereocenters. The highest BCUT2D eigenvalue weighted by Gasteiger charge is 1.86. The Morgan fingerprint density at radius 3 is 2.00 bits per heavy atom. The molecule has 0 aromatic heterocycles. The van der Waals surface area contributed by atoms with Crippen molar-refractivity contribution in [2.24, 2.45) is 0 Å². The third-order valence-corrected chi connectivity index (χ3v) is 1.22. The molecule has 0 radical (unpaired) electrons. The fourth-order valence-electron chi connectivity index (χ4n) is 0.258. The summed E-state index contributed by atoms with van der Waals surface area (Å²) in [6.07, 6.45) is 1.85. The Labute approximate surface area is 49.6 Å². The normalized spacial score (nSPS) is 11.7. The second kappa shape index (κ2) is 2.92. The summed E-state index contributed by atoms with van der Waals surface area (Å²) in [6.45, 7) is 1.91. The zero-order chi connectivity index (χ0) is 5.86. The second-order valence-corrected chi connectivity index (χ2v) is 1.89. The van der Waals surface area contributed by atoms with Crippen LogP contribution < -0.4 is 0 Å². The zero-order valence-electron chi connectivity index (χ0n) is 4.90. The molecule has 0 aliphatic rings. The number of rotatable bonds is 1. The summed E-state index contributed by atoms with van der Waals surface area (Å²) < 4.78 is 0. The van der Waals surface area contributed by atoms with Gasteiger partial charge in [-0.3, -0.25) is 0 Å². The molecule has 0 aromatic rings. The van der Waals surface area contributed by atoms with E-state index in [9.17, 15) is 0 Å². The third kappa shape index (κ3) is 2.52. The Hall–Kier alpha value is -0.170. The molecule has 0 heterocycles. The lowest BCUT2D eigenvalue weighted by Gasteiger charge is -2.07. The SMILES string of the molecule is C/C=C(\Cl)N(C)C.